The van der Waals surface area contributed by atoms with Crippen LogP contribution in [0.15, 0.2) is 30.1 Å². The largest absolute Gasteiger partial charge is 0.396 e. The van der Waals surface area contributed by atoms with E-state index in [1.54, 1.807) is 11.5 Å². The molecule has 1 fully saturated rings. The van der Waals surface area contributed by atoms with E-state index < -0.39 is 12.0 Å². The third-order valence-electron chi connectivity index (χ3n) is 3.92. The number of hydrogen-bond acceptors (Lipinski definition) is 4. The topological polar surface area (TPSA) is 63.8 Å². The van der Waals surface area contributed by atoms with E-state index in [4.69, 9.17) is 0 Å². The van der Waals surface area contributed by atoms with E-state index in [1.807, 2.05) is 0 Å². The molecule has 2 atom stereocenters. The van der Waals surface area contributed by atoms with Crippen LogP contribution in [-0.2, 0) is 32.7 Å². The van der Waals surface area contributed by atoms with Gasteiger partial charge in [-0.3, -0.25) is 4.98 Å². The summed E-state index contributed by atoms with van der Waals surface area (Å²) >= 11 is 0. The van der Waals surface area contributed by atoms with Crippen molar-refractivity contribution in [2.24, 2.45) is 5.92 Å². The summed E-state index contributed by atoms with van der Waals surface area (Å²) in [4.78, 5) is 12.2. The third-order valence-corrected chi connectivity index (χ3v) is 3.92. The molecule has 2 aromatic heterocycles. The molecule has 2 aromatic rings. The number of nitrogens with zero attached hydrogens (tertiary/aromatic N) is 4. The van der Waals surface area contributed by atoms with Gasteiger partial charge >= 0.3 is 0 Å². The minimum absolute atomic E-state index is 0. The van der Waals surface area contributed by atoms with Crippen LogP contribution in [0.3, 0.4) is 0 Å². The summed E-state index contributed by atoms with van der Waals surface area (Å²) in [5.74, 6) is -0.439. The Morgan fingerprint density at radius 1 is 1.36 bits per heavy atom. The number of imidazole rings is 1. The fourth-order valence-corrected chi connectivity index (χ4v) is 2.82. The van der Waals surface area contributed by atoms with Crippen LogP contribution in [0.1, 0.15) is 18.2 Å². The number of hydrogen-bond donors (Lipinski definition) is 1. The summed E-state index contributed by atoms with van der Waals surface area (Å²) in [5.41, 5.74) is 2.17. The molecule has 2 unspecified atom stereocenters. The molecule has 0 spiro atoms. The maximum absolute atomic E-state index is 13.2. The van der Waals surface area contributed by atoms with E-state index in [0.717, 1.165) is 0 Å². The molecule has 113 valence electrons. The van der Waals surface area contributed by atoms with Gasteiger partial charge in [0.1, 0.15) is 0 Å². The van der Waals surface area contributed by atoms with Crippen LogP contribution in [0, 0.1) is 19.2 Å². The van der Waals surface area contributed by atoms with Gasteiger partial charge in [-0.05, 0) is 17.7 Å². The van der Waals surface area contributed by atoms with E-state index >= 15 is 0 Å². The second-order valence-corrected chi connectivity index (χ2v) is 4.99. The molecule has 1 aliphatic carbocycles. The van der Waals surface area contributed by atoms with E-state index in [-0.39, 0.29) is 50.5 Å². The summed E-state index contributed by atoms with van der Waals surface area (Å²) in [5, 5.41) is 9.34. The van der Waals surface area contributed by atoms with Crippen molar-refractivity contribution in [1.82, 2.24) is 19.5 Å². The quantitative estimate of drug-likeness (QED) is 0.812. The molecule has 0 amide bonds. The van der Waals surface area contributed by atoms with Crippen LogP contribution in [0.5, 0.6) is 0 Å². The molecule has 22 heavy (non-hydrogen) atoms. The van der Waals surface area contributed by atoms with Crippen molar-refractivity contribution in [3.05, 3.63) is 42.2 Å². The van der Waals surface area contributed by atoms with Gasteiger partial charge in [0, 0.05) is 61.7 Å². The minimum Gasteiger partial charge on any atom is -0.396 e. The van der Waals surface area contributed by atoms with Crippen LogP contribution in [0.25, 0.3) is 11.2 Å². The van der Waals surface area contributed by atoms with Crippen molar-refractivity contribution in [2.45, 2.75) is 19.4 Å². The van der Waals surface area contributed by atoms with Crippen LogP contribution >= 0.6 is 0 Å². The Labute approximate surface area is 151 Å². The molecule has 0 bridgehead atoms. The predicted molar refractivity (Wildman–Crippen MR) is 71.5 cm³/mol. The molecular formula is C14H13F2N4OY-. The SMILES string of the molecule is Cc1n[c-]nc2c1ncn2C1CC(CO)C(=C/F)/C1=C\F.[Y]. The van der Waals surface area contributed by atoms with E-state index in [0.29, 0.717) is 35.9 Å². The van der Waals surface area contributed by atoms with Crippen molar-refractivity contribution in [3.8, 4) is 0 Å². The number of aliphatic hydroxyl groups is 1. The van der Waals surface area contributed by atoms with Crippen molar-refractivity contribution in [3.63, 3.8) is 0 Å². The fraction of sp³-hybridized carbons (Fsp3) is 0.357. The number of fused-ring (bicyclic) bond motifs is 1. The zero-order chi connectivity index (χ0) is 15.0. The second-order valence-electron chi connectivity index (χ2n) is 4.99. The van der Waals surface area contributed by atoms with Gasteiger partial charge in [-0.2, -0.15) is 0 Å². The smallest absolute Gasteiger partial charge is 0.0923 e. The van der Waals surface area contributed by atoms with Gasteiger partial charge in [-0.25, -0.2) is 8.78 Å². The number of halogens is 2. The molecule has 1 aliphatic rings. The summed E-state index contributed by atoms with van der Waals surface area (Å²) in [7, 11) is 0. The standard InChI is InChI=1S/C14H13F2N4O.Y/c1-8-13-14(18-6-17-8)20(7-19-13)12-2-9(5-21)10(3-15)11(12)4-16;/h3-4,7,9,12,21H,2,5H2,1H3;/q-1;/b10-3-,11-4+;. The maximum atomic E-state index is 13.2. The number of allylic oxidation sites excluding steroid dienone is 1. The number of aryl methyl sites for hydroxylation is 1. The summed E-state index contributed by atoms with van der Waals surface area (Å²) < 4.78 is 27.9. The molecule has 0 aromatic carbocycles. The van der Waals surface area contributed by atoms with Gasteiger partial charge in [-0.1, -0.05) is 6.92 Å². The molecule has 1 N–H and O–H groups in total. The second kappa shape index (κ2) is 7.02. The first kappa shape index (κ1) is 17.3. The van der Waals surface area contributed by atoms with Crippen LogP contribution in [-0.4, -0.2) is 31.2 Å². The van der Waals surface area contributed by atoms with Gasteiger partial charge in [-0.15, -0.1) is 0 Å². The number of aromatic nitrogens is 4. The summed E-state index contributed by atoms with van der Waals surface area (Å²) in [6, 6.07) is -0.457. The fourth-order valence-electron chi connectivity index (χ4n) is 2.82. The average Bonchev–Trinajstić information content (AvgIpc) is 3.07. The monoisotopic (exact) mass is 380 g/mol. The van der Waals surface area contributed by atoms with Gasteiger partial charge < -0.3 is 19.6 Å². The van der Waals surface area contributed by atoms with Crippen LogP contribution in [0.4, 0.5) is 8.78 Å². The third kappa shape index (κ3) is 2.66. The van der Waals surface area contributed by atoms with E-state index in [2.05, 4.69) is 21.3 Å². The van der Waals surface area contributed by atoms with Crippen molar-refractivity contribution >= 4 is 11.2 Å². The first-order valence-corrected chi connectivity index (χ1v) is 6.50. The number of rotatable bonds is 2. The van der Waals surface area contributed by atoms with E-state index in [1.165, 1.54) is 6.33 Å². The molecule has 3 rings (SSSR count). The Balaban J connectivity index is 0.00000176. The van der Waals surface area contributed by atoms with Crippen molar-refractivity contribution in [1.29, 1.82) is 0 Å². The normalized spacial score (nSPS) is 25.1. The average molecular weight is 380 g/mol. The summed E-state index contributed by atoms with van der Waals surface area (Å²) in [6.07, 6.45) is 5.19. The summed E-state index contributed by atoms with van der Waals surface area (Å²) in [6.45, 7) is 1.54. The Morgan fingerprint density at radius 3 is 2.73 bits per heavy atom. The van der Waals surface area contributed by atoms with Gasteiger partial charge in [0.15, 0.2) is 0 Å². The Hall–Kier alpha value is -1.05. The van der Waals surface area contributed by atoms with Gasteiger partial charge in [0.2, 0.25) is 0 Å². The molecule has 0 saturated heterocycles. The van der Waals surface area contributed by atoms with E-state index in [9.17, 15) is 13.9 Å². The molecule has 0 aliphatic heterocycles. The minimum atomic E-state index is -0.457. The first-order chi connectivity index (χ1) is 10.2. The Kier molecular flexibility index (Phi) is 5.52. The molecule has 1 radical (unpaired) electrons. The zero-order valence-electron chi connectivity index (χ0n) is 11.9. The molecule has 5 nitrogen and oxygen atoms in total. The predicted octanol–water partition coefficient (Wildman–Crippen LogP) is 2.19. The zero-order valence-corrected chi connectivity index (χ0v) is 14.7. The van der Waals surface area contributed by atoms with Crippen LogP contribution < -0.4 is 0 Å². The van der Waals surface area contributed by atoms with Crippen LogP contribution in [0.2, 0.25) is 0 Å². The Morgan fingerprint density at radius 2 is 2.09 bits per heavy atom. The Bertz CT molecular complexity index is 744. The molecule has 2 heterocycles. The molecule has 1 saturated carbocycles. The van der Waals surface area contributed by atoms with Gasteiger partial charge in [0.25, 0.3) is 0 Å². The van der Waals surface area contributed by atoms with Gasteiger partial charge in [0.05, 0.1) is 31.6 Å². The maximum Gasteiger partial charge on any atom is 0.0923 e. The first-order valence-electron chi connectivity index (χ1n) is 6.50. The number of aliphatic hydroxyl groups excluding tert-OH is 1. The van der Waals surface area contributed by atoms with Crippen molar-refractivity contribution in [2.75, 3.05) is 6.61 Å². The van der Waals surface area contributed by atoms with Crippen molar-refractivity contribution < 1.29 is 46.6 Å². The molecule has 8 heteroatoms. The molecular weight excluding hydrogens is 367 g/mol.